The van der Waals surface area contributed by atoms with E-state index in [1.165, 1.54) is 180 Å². The van der Waals surface area contributed by atoms with Gasteiger partial charge in [0, 0.05) is 6.42 Å². The van der Waals surface area contributed by atoms with Crippen molar-refractivity contribution >= 4 is 13.7 Å². The molecule has 70 heavy (non-hydrogen) atoms. The summed E-state index contributed by atoms with van der Waals surface area (Å²) in [7, 11) is 1.55. The second-order valence-corrected chi connectivity index (χ2v) is 22.8. The molecule has 0 aliphatic carbocycles. The normalized spacial score (nSPS) is 14.3. The summed E-state index contributed by atoms with van der Waals surface area (Å²) in [6, 6.07) is -0.872. The molecular formula is C61H116N2O6P+. The van der Waals surface area contributed by atoms with Crippen molar-refractivity contribution < 1.29 is 32.9 Å². The van der Waals surface area contributed by atoms with Gasteiger partial charge in [0.25, 0.3) is 0 Å². The quantitative estimate of drug-likeness (QED) is 0.0243. The molecule has 0 saturated heterocycles. The van der Waals surface area contributed by atoms with Crippen LogP contribution in [0.15, 0.2) is 60.8 Å². The number of nitrogens with zero attached hydrogens (tertiary/aromatic N) is 1. The maximum absolute atomic E-state index is 13.0. The maximum atomic E-state index is 13.0. The van der Waals surface area contributed by atoms with E-state index in [0.29, 0.717) is 17.4 Å². The minimum Gasteiger partial charge on any atom is -0.387 e. The van der Waals surface area contributed by atoms with Crippen molar-refractivity contribution in [3.05, 3.63) is 60.8 Å². The zero-order valence-corrected chi connectivity index (χ0v) is 47.7. The number of nitrogens with one attached hydrogen (secondary N) is 1. The van der Waals surface area contributed by atoms with E-state index in [2.05, 4.69) is 67.8 Å². The van der Waals surface area contributed by atoms with Crippen LogP contribution in [-0.4, -0.2) is 73.4 Å². The van der Waals surface area contributed by atoms with Crippen molar-refractivity contribution in [2.45, 2.75) is 283 Å². The van der Waals surface area contributed by atoms with Gasteiger partial charge in [0.05, 0.1) is 39.9 Å². The van der Waals surface area contributed by atoms with Crippen molar-refractivity contribution in [2.24, 2.45) is 0 Å². The fraction of sp³-hybridized carbons (Fsp3) is 0.820. The first-order valence-electron chi connectivity index (χ1n) is 29.7. The highest BCUT2D eigenvalue weighted by Gasteiger charge is 2.27. The van der Waals surface area contributed by atoms with Crippen LogP contribution < -0.4 is 5.32 Å². The molecule has 0 spiro atoms. The Kier molecular flexibility index (Phi) is 50.7. The highest BCUT2D eigenvalue weighted by molar-refractivity contribution is 7.47. The number of rotatable bonds is 54. The Morgan fingerprint density at radius 3 is 1.31 bits per heavy atom. The zero-order valence-electron chi connectivity index (χ0n) is 46.8. The smallest absolute Gasteiger partial charge is 0.387 e. The molecule has 8 nitrogen and oxygen atoms in total. The van der Waals surface area contributed by atoms with Gasteiger partial charge >= 0.3 is 7.82 Å². The number of phosphoric acid groups is 1. The summed E-state index contributed by atoms with van der Waals surface area (Å²) in [5.41, 5.74) is 0. The van der Waals surface area contributed by atoms with Crippen LogP contribution in [0.3, 0.4) is 0 Å². The van der Waals surface area contributed by atoms with E-state index in [4.69, 9.17) is 9.05 Å². The van der Waals surface area contributed by atoms with Gasteiger partial charge in [-0.2, -0.15) is 0 Å². The molecule has 3 unspecified atom stereocenters. The summed E-state index contributed by atoms with van der Waals surface area (Å²) >= 11 is 0. The van der Waals surface area contributed by atoms with Gasteiger partial charge in [0.15, 0.2) is 0 Å². The Morgan fingerprint density at radius 1 is 0.500 bits per heavy atom. The van der Waals surface area contributed by atoms with Gasteiger partial charge < -0.3 is 19.8 Å². The number of amides is 1. The van der Waals surface area contributed by atoms with Gasteiger partial charge in [-0.25, -0.2) is 4.57 Å². The van der Waals surface area contributed by atoms with E-state index in [1.54, 1.807) is 6.08 Å². The molecule has 0 aromatic rings. The highest BCUT2D eigenvalue weighted by Crippen LogP contribution is 2.43. The molecule has 410 valence electrons. The van der Waals surface area contributed by atoms with Crippen LogP contribution in [0.5, 0.6) is 0 Å². The first kappa shape index (κ1) is 68.2. The number of likely N-dealkylation sites (N-methyl/N-ethyl adjacent to an activating group) is 1. The van der Waals surface area contributed by atoms with Gasteiger partial charge in [-0.15, -0.1) is 0 Å². The number of hydrogen-bond donors (Lipinski definition) is 3. The third-order valence-corrected chi connectivity index (χ3v) is 14.2. The third kappa shape index (κ3) is 54.0. The molecule has 0 aliphatic heterocycles. The molecule has 0 bridgehead atoms. The highest BCUT2D eigenvalue weighted by atomic mass is 31.2. The lowest BCUT2D eigenvalue weighted by atomic mass is 10.0. The number of allylic oxidation sites excluding steroid dienone is 9. The largest absolute Gasteiger partial charge is 0.472 e. The number of unbranched alkanes of at least 4 members (excludes halogenated alkanes) is 33. The van der Waals surface area contributed by atoms with Crippen LogP contribution in [-0.2, 0) is 18.4 Å². The number of aliphatic hydroxyl groups excluding tert-OH is 1. The fourth-order valence-corrected chi connectivity index (χ4v) is 9.34. The van der Waals surface area contributed by atoms with Crippen LogP contribution in [0.4, 0.5) is 0 Å². The number of phosphoric ester groups is 1. The molecule has 0 radical (unpaired) electrons. The summed E-state index contributed by atoms with van der Waals surface area (Å²) in [5, 5.41) is 13.9. The van der Waals surface area contributed by atoms with Gasteiger partial charge in [-0.05, 0) is 64.2 Å². The van der Waals surface area contributed by atoms with Crippen LogP contribution in [0.1, 0.15) is 271 Å². The second kappa shape index (κ2) is 52.1. The van der Waals surface area contributed by atoms with Crippen molar-refractivity contribution in [1.29, 1.82) is 0 Å². The number of carbonyl (C=O) groups is 1. The monoisotopic (exact) mass is 1000 g/mol. The summed E-state index contributed by atoms with van der Waals surface area (Å²) < 4.78 is 23.7. The van der Waals surface area contributed by atoms with Gasteiger partial charge in [0.2, 0.25) is 5.91 Å². The third-order valence-electron chi connectivity index (χ3n) is 13.2. The van der Waals surface area contributed by atoms with Crippen molar-refractivity contribution in [2.75, 3.05) is 40.9 Å². The molecule has 0 aromatic carbocycles. The fourth-order valence-electron chi connectivity index (χ4n) is 8.60. The standard InChI is InChI=1S/C61H115N2O6P/c1-6-8-10-12-14-16-18-20-22-24-25-26-27-28-29-30-31-32-33-34-35-36-37-39-40-42-44-46-48-50-52-54-60(64)59(58-69-70(66,67)68-57-56-63(3,4)5)62-61(65)55-53-51-49-47-45-43-41-38-23-21-19-17-15-13-11-9-7-2/h9,11,15,17,21,23,44,46,52,54,59-60,64H,6-8,10,12-14,16,18-20,22,24-43,45,47-51,53,55-58H2,1-5H3,(H-,62,65,66,67)/p+1/b11-9-,17-15-,23-21-,46-44+,54-52+. The summed E-state index contributed by atoms with van der Waals surface area (Å²) in [5.74, 6) is -0.197. The first-order valence-corrected chi connectivity index (χ1v) is 31.2. The molecule has 1 amide bonds. The van der Waals surface area contributed by atoms with E-state index in [-0.39, 0.29) is 19.1 Å². The minimum absolute atomic E-state index is 0.0520. The molecule has 3 atom stereocenters. The topological polar surface area (TPSA) is 105 Å². The van der Waals surface area contributed by atoms with Crippen LogP contribution in [0.25, 0.3) is 0 Å². The number of quaternary nitrogens is 1. The zero-order chi connectivity index (χ0) is 51.3. The predicted molar refractivity (Wildman–Crippen MR) is 304 cm³/mol. The van der Waals surface area contributed by atoms with Gasteiger partial charge in [-0.3, -0.25) is 13.8 Å². The lowest BCUT2D eigenvalue weighted by molar-refractivity contribution is -0.870. The molecule has 0 fully saturated rings. The van der Waals surface area contributed by atoms with Crippen molar-refractivity contribution in [3.8, 4) is 0 Å². The SMILES string of the molecule is CC/C=C\C/C=C\C/C=C\CCCCCCCCCC(=O)NC(COP(=O)(O)OCC[N+](C)(C)C)C(O)/C=C/CC/C=C/CCCCCCCCCCCCCCCCCCCCCCCCCCC. The van der Waals surface area contributed by atoms with E-state index in [9.17, 15) is 19.4 Å². The lowest BCUT2D eigenvalue weighted by Crippen LogP contribution is -2.45. The Morgan fingerprint density at radius 2 is 0.871 bits per heavy atom. The minimum atomic E-state index is -4.36. The second-order valence-electron chi connectivity index (χ2n) is 21.3. The molecule has 3 N–H and O–H groups in total. The molecule has 0 heterocycles. The summed E-state index contributed by atoms with van der Waals surface area (Å²) in [4.78, 5) is 23.3. The molecule has 0 saturated carbocycles. The predicted octanol–water partition coefficient (Wildman–Crippen LogP) is 18.1. The number of carbonyl (C=O) groups excluding carboxylic acids is 1. The first-order chi connectivity index (χ1) is 34.0. The summed E-state index contributed by atoms with van der Waals surface area (Å²) in [6.07, 6.45) is 70.6. The van der Waals surface area contributed by atoms with E-state index < -0.39 is 20.0 Å². The van der Waals surface area contributed by atoms with E-state index in [1.807, 2.05) is 27.2 Å². The maximum Gasteiger partial charge on any atom is 0.472 e. The average molecular weight is 1000 g/mol. The number of hydrogen-bond acceptors (Lipinski definition) is 5. The Bertz CT molecular complexity index is 1320. The Hall–Kier alpha value is -1.80. The Labute approximate surface area is 434 Å². The molecule has 9 heteroatoms. The summed E-state index contributed by atoms with van der Waals surface area (Å²) in [6.45, 7) is 4.70. The van der Waals surface area contributed by atoms with Gasteiger partial charge in [-0.1, -0.05) is 261 Å². The van der Waals surface area contributed by atoms with Gasteiger partial charge in [0.1, 0.15) is 13.2 Å². The van der Waals surface area contributed by atoms with E-state index in [0.717, 1.165) is 70.6 Å². The average Bonchev–Trinajstić information content (AvgIpc) is 3.32. The van der Waals surface area contributed by atoms with Crippen LogP contribution in [0.2, 0.25) is 0 Å². The molecular weight excluding hydrogens is 888 g/mol. The molecule has 0 aromatic heterocycles. The lowest BCUT2D eigenvalue weighted by Gasteiger charge is -2.25. The molecule has 0 aliphatic rings. The van der Waals surface area contributed by atoms with Crippen LogP contribution >= 0.6 is 7.82 Å². The van der Waals surface area contributed by atoms with Crippen molar-refractivity contribution in [1.82, 2.24) is 5.32 Å². The number of aliphatic hydroxyl groups is 1. The molecule has 0 rings (SSSR count). The Balaban J connectivity index is 4.17. The van der Waals surface area contributed by atoms with Crippen LogP contribution in [0, 0.1) is 0 Å². The van der Waals surface area contributed by atoms with Crippen molar-refractivity contribution in [3.63, 3.8) is 0 Å². The van der Waals surface area contributed by atoms with E-state index >= 15 is 0 Å².